The third-order valence-corrected chi connectivity index (χ3v) is 8.96. The Labute approximate surface area is 255 Å². The number of rotatable bonds is 15. The van der Waals surface area contributed by atoms with Gasteiger partial charge < -0.3 is 19.7 Å². The molecular formula is C33H43N3O6S. The number of ether oxygens (including phenoxy) is 2. The molecule has 9 nitrogen and oxygen atoms in total. The molecule has 3 rings (SSSR count). The molecule has 43 heavy (non-hydrogen) atoms. The molecule has 0 saturated heterocycles. The quantitative estimate of drug-likeness (QED) is 0.236. The van der Waals surface area contributed by atoms with Crippen molar-refractivity contribution in [1.29, 1.82) is 0 Å². The first-order chi connectivity index (χ1) is 20.5. The lowest BCUT2D eigenvalue weighted by molar-refractivity contribution is -0.140. The smallest absolute Gasteiger partial charge is 0.264 e. The molecule has 0 fully saturated rings. The minimum atomic E-state index is -4.25. The highest BCUT2D eigenvalue weighted by molar-refractivity contribution is 7.92. The van der Waals surface area contributed by atoms with Crippen molar-refractivity contribution in [1.82, 2.24) is 10.2 Å². The van der Waals surface area contributed by atoms with Crippen LogP contribution in [0.1, 0.15) is 49.8 Å². The van der Waals surface area contributed by atoms with E-state index < -0.39 is 28.5 Å². The normalized spacial score (nSPS) is 11.9. The Balaban J connectivity index is 2.07. The van der Waals surface area contributed by atoms with Crippen molar-refractivity contribution in [2.75, 3.05) is 31.6 Å². The average molecular weight is 610 g/mol. The molecule has 0 unspecified atom stereocenters. The molecule has 0 aliphatic carbocycles. The summed E-state index contributed by atoms with van der Waals surface area (Å²) in [5.74, 6) is -0.136. The SMILES string of the molecule is CCCCNC(=O)[C@@H](CC)N(Cc1cccc(C)c1)C(=O)CN(c1ccc(C)cc1)S(=O)(=O)c1ccc(OC)c(OC)c1. The number of nitrogens with one attached hydrogen (secondary N) is 1. The van der Waals surface area contributed by atoms with Crippen LogP contribution in [0.5, 0.6) is 11.5 Å². The summed E-state index contributed by atoms with van der Waals surface area (Å²) in [4.78, 5) is 29.0. The number of methoxy groups -OCH3 is 2. The number of aryl methyl sites for hydroxylation is 2. The van der Waals surface area contributed by atoms with Crippen LogP contribution in [0.25, 0.3) is 0 Å². The number of carbonyl (C=O) groups is 2. The predicted molar refractivity (Wildman–Crippen MR) is 169 cm³/mol. The van der Waals surface area contributed by atoms with Gasteiger partial charge in [0, 0.05) is 19.2 Å². The van der Waals surface area contributed by atoms with Gasteiger partial charge in [-0.05, 0) is 56.5 Å². The van der Waals surface area contributed by atoms with Gasteiger partial charge in [0.1, 0.15) is 12.6 Å². The largest absolute Gasteiger partial charge is 0.493 e. The minimum Gasteiger partial charge on any atom is -0.493 e. The fraction of sp³-hybridized carbons (Fsp3) is 0.394. The summed E-state index contributed by atoms with van der Waals surface area (Å²) in [5.41, 5.74) is 3.12. The molecule has 0 radical (unpaired) electrons. The maximum Gasteiger partial charge on any atom is 0.264 e. The highest BCUT2D eigenvalue weighted by Gasteiger charge is 2.34. The zero-order valence-corrected chi connectivity index (χ0v) is 26.7. The van der Waals surface area contributed by atoms with Crippen LogP contribution < -0.4 is 19.1 Å². The van der Waals surface area contributed by atoms with Crippen LogP contribution in [0.4, 0.5) is 5.69 Å². The molecule has 3 aromatic carbocycles. The molecule has 2 amide bonds. The summed E-state index contributed by atoms with van der Waals surface area (Å²) in [5, 5.41) is 2.95. The monoisotopic (exact) mass is 609 g/mol. The van der Waals surface area contributed by atoms with E-state index in [0.717, 1.165) is 33.8 Å². The van der Waals surface area contributed by atoms with E-state index in [1.807, 2.05) is 52.0 Å². The molecule has 1 atom stereocenters. The van der Waals surface area contributed by atoms with Gasteiger partial charge in [0.2, 0.25) is 11.8 Å². The van der Waals surface area contributed by atoms with Crippen LogP contribution in [0.3, 0.4) is 0 Å². The summed E-state index contributed by atoms with van der Waals surface area (Å²) in [6.07, 6.45) is 2.10. The van der Waals surface area contributed by atoms with Crippen molar-refractivity contribution in [3.8, 4) is 11.5 Å². The van der Waals surface area contributed by atoms with Crippen molar-refractivity contribution in [3.63, 3.8) is 0 Å². The van der Waals surface area contributed by atoms with Gasteiger partial charge in [0.25, 0.3) is 10.0 Å². The number of nitrogens with zero attached hydrogens (tertiary/aromatic N) is 2. The maximum absolute atomic E-state index is 14.2. The van der Waals surface area contributed by atoms with Crippen LogP contribution in [0, 0.1) is 13.8 Å². The fourth-order valence-electron chi connectivity index (χ4n) is 4.78. The van der Waals surface area contributed by atoms with Crippen LogP contribution in [0.15, 0.2) is 71.6 Å². The molecule has 232 valence electrons. The predicted octanol–water partition coefficient (Wildman–Crippen LogP) is 5.24. The number of amides is 2. The molecule has 10 heteroatoms. The molecule has 0 spiro atoms. The molecular weight excluding hydrogens is 566 g/mol. The van der Waals surface area contributed by atoms with Crippen molar-refractivity contribution < 1.29 is 27.5 Å². The number of benzene rings is 3. The first kappa shape index (κ1) is 33.5. The van der Waals surface area contributed by atoms with Gasteiger partial charge in [0.05, 0.1) is 24.8 Å². The fourth-order valence-corrected chi connectivity index (χ4v) is 6.21. The van der Waals surface area contributed by atoms with Crippen molar-refractivity contribution in [3.05, 3.63) is 83.4 Å². The number of sulfonamides is 1. The lowest BCUT2D eigenvalue weighted by Crippen LogP contribution is -2.52. The molecule has 0 aliphatic rings. The Hall–Kier alpha value is -4.05. The van der Waals surface area contributed by atoms with Gasteiger partial charge in [-0.15, -0.1) is 0 Å². The van der Waals surface area contributed by atoms with E-state index in [1.54, 1.807) is 24.3 Å². The van der Waals surface area contributed by atoms with E-state index in [0.29, 0.717) is 24.4 Å². The van der Waals surface area contributed by atoms with Gasteiger partial charge in [-0.1, -0.05) is 67.8 Å². The molecule has 0 saturated carbocycles. The molecule has 0 bridgehead atoms. The van der Waals surface area contributed by atoms with Crippen LogP contribution in [0.2, 0.25) is 0 Å². The van der Waals surface area contributed by atoms with Gasteiger partial charge in [-0.2, -0.15) is 0 Å². The lowest BCUT2D eigenvalue weighted by Gasteiger charge is -2.33. The number of hydrogen-bond donors (Lipinski definition) is 1. The zero-order valence-electron chi connectivity index (χ0n) is 25.9. The highest BCUT2D eigenvalue weighted by atomic mass is 32.2. The average Bonchev–Trinajstić information content (AvgIpc) is 2.99. The Morgan fingerprint density at radius 2 is 1.58 bits per heavy atom. The third kappa shape index (κ3) is 8.50. The summed E-state index contributed by atoms with van der Waals surface area (Å²) >= 11 is 0. The van der Waals surface area contributed by atoms with E-state index in [1.165, 1.54) is 37.3 Å². The second kappa shape index (κ2) is 15.4. The summed E-state index contributed by atoms with van der Waals surface area (Å²) in [7, 11) is -1.36. The Kier molecular flexibility index (Phi) is 12.0. The topological polar surface area (TPSA) is 105 Å². The van der Waals surface area contributed by atoms with Crippen LogP contribution >= 0.6 is 0 Å². The summed E-state index contributed by atoms with van der Waals surface area (Å²) in [6, 6.07) is 18.1. The van der Waals surface area contributed by atoms with E-state index in [-0.39, 0.29) is 23.1 Å². The van der Waals surface area contributed by atoms with Crippen molar-refractivity contribution >= 4 is 27.5 Å². The summed E-state index contributed by atoms with van der Waals surface area (Å²) < 4.78 is 40.1. The van der Waals surface area contributed by atoms with Crippen molar-refractivity contribution in [2.45, 2.75) is 64.4 Å². The lowest BCUT2D eigenvalue weighted by atomic mass is 10.1. The Bertz CT molecular complexity index is 1490. The van der Waals surface area contributed by atoms with E-state index in [9.17, 15) is 18.0 Å². The van der Waals surface area contributed by atoms with Gasteiger partial charge in [0.15, 0.2) is 11.5 Å². The molecule has 1 N–H and O–H groups in total. The number of anilines is 1. The van der Waals surface area contributed by atoms with Gasteiger partial charge >= 0.3 is 0 Å². The third-order valence-electron chi connectivity index (χ3n) is 7.19. The second-order valence-electron chi connectivity index (χ2n) is 10.4. The van der Waals surface area contributed by atoms with E-state index >= 15 is 0 Å². The molecule has 0 aliphatic heterocycles. The second-order valence-corrected chi connectivity index (χ2v) is 12.3. The number of hydrogen-bond acceptors (Lipinski definition) is 6. The highest BCUT2D eigenvalue weighted by Crippen LogP contribution is 2.32. The first-order valence-corrected chi connectivity index (χ1v) is 15.9. The van der Waals surface area contributed by atoms with Crippen LogP contribution in [-0.2, 0) is 26.2 Å². The minimum absolute atomic E-state index is 0.0619. The maximum atomic E-state index is 14.2. The standard InChI is InChI=1S/C33H43N3O6S/c1-7-9-19-34-33(38)29(8-2)35(22-26-12-10-11-25(4)20-26)32(37)23-36(27-15-13-24(3)14-16-27)43(39,40)28-17-18-30(41-5)31(21-28)42-6/h10-18,20-21,29H,7-9,19,22-23H2,1-6H3,(H,34,38)/t29-/m1/s1. The van der Waals surface area contributed by atoms with Gasteiger partial charge in [-0.3, -0.25) is 13.9 Å². The number of unbranched alkanes of at least 4 members (excludes halogenated alkanes) is 1. The number of carbonyl (C=O) groups excluding carboxylic acids is 2. The van der Waals surface area contributed by atoms with E-state index in [4.69, 9.17) is 9.47 Å². The van der Waals surface area contributed by atoms with E-state index in [2.05, 4.69) is 5.32 Å². The first-order valence-electron chi connectivity index (χ1n) is 14.5. The summed E-state index contributed by atoms with van der Waals surface area (Å²) in [6.45, 7) is 7.88. The Morgan fingerprint density at radius 1 is 0.884 bits per heavy atom. The van der Waals surface area contributed by atoms with Crippen LogP contribution in [-0.4, -0.2) is 58.5 Å². The molecule has 0 aromatic heterocycles. The van der Waals surface area contributed by atoms with Crippen molar-refractivity contribution in [2.24, 2.45) is 0 Å². The zero-order chi connectivity index (χ0) is 31.6. The Morgan fingerprint density at radius 3 is 2.19 bits per heavy atom. The van der Waals surface area contributed by atoms with Gasteiger partial charge in [-0.25, -0.2) is 8.42 Å². The molecule has 0 heterocycles. The molecule has 3 aromatic rings.